The molecule has 27 heteroatoms. The van der Waals surface area contributed by atoms with Crippen molar-refractivity contribution in [1.29, 1.82) is 0 Å². The summed E-state index contributed by atoms with van der Waals surface area (Å²) in [5.41, 5.74) is -0.236. The quantitative estimate of drug-likeness (QED) is 0.0285. The Labute approximate surface area is 388 Å². The maximum atomic E-state index is 13.4. The van der Waals surface area contributed by atoms with Crippen LogP contribution in [-0.4, -0.2) is 219 Å². The molecular weight excluding hydrogens is 896 g/mol. The van der Waals surface area contributed by atoms with Gasteiger partial charge in [-0.15, -0.1) is 0 Å². The lowest BCUT2D eigenvalue weighted by molar-refractivity contribution is -0.134. The number of carbonyl (C=O) groups excluding carboxylic acids is 9. The van der Waals surface area contributed by atoms with Crippen molar-refractivity contribution < 1.29 is 95.2 Å². The highest BCUT2D eigenvalue weighted by Gasteiger charge is 2.33. The van der Waals surface area contributed by atoms with E-state index in [0.29, 0.717) is 0 Å². The molecule has 10 atom stereocenters. The molecule has 17 N–H and O–H groups in total. The molecule has 67 heavy (non-hydrogen) atoms. The maximum absolute atomic E-state index is 13.4. The van der Waals surface area contributed by atoms with Gasteiger partial charge >= 0.3 is 0 Å². The van der Waals surface area contributed by atoms with E-state index in [9.17, 15) is 84.0 Å². The van der Waals surface area contributed by atoms with E-state index in [0.717, 1.165) is 0 Å². The topological polar surface area (TPSA) is 441 Å². The molecule has 0 heterocycles. The van der Waals surface area contributed by atoms with Crippen LogP contribution in [0.4, 0.5) is 0 Å². The first-order valence-corrected chi connectivity index (χ1v) is 21.4. The summed E-state index contributed by atoms with van der Waals surface area (Å²) in [6.07, 6.45) is -16.0. The van der Waals surface area contributed by atoms with Gasteiger partial charge in [0, 0.05) is 45.9 Å². The first kappa shape index (κ1) is 60.0. The summed E-state index contributed by atoms with van der Waals surface area (Å²) in [6.45, 7) is 2.27. The lowest BCUT2D eigenvalue weighted by Gasteiger charge is -2.27. The summed E-state index contributed by atoms with van der Waals surface area (Å²) in [6, 6.07) is -3.29. The van der Waals surface area contributed by atoms with Crippen molar-refractivity contribution in [2.24, 2.45) is 5.41 Å². The summed E-state index contributed by atoms with van der Waals surface area (Å²) in [5, 5.41) is 107. The van der Waals surface area contributed by atoms with E-state index in [-0.39, 0.29) is 43.6 Å². The molecule has 0 rings (SSSR count). The molecule has 0 aliphatic rings. The number of aliphatic hydroxyl groups is 9. The fourth-order valence-corrected chi connectivity index (χ4v) is 5.56. The summed E-state index contributed by atoms with van der Waals surface area (Å²) >= 11 is 0. The molecule has 0 radical (unpaired) electrons. The Kier molecular flexibility index (Phi) is 29.3. The molecule has 0 aliphatic heterocycles. The molecule has 2 unspecified atom stereocenters. The number of hydrogen-bond donors (Lipinski definition) is 17. The Bertz CT molecular complexity index is 1630. The minimum Gasteiger partial charge on any atom is -0.394 e. The van der Waals surface area contributed by atoms with Gasteiger partial charge in [0.2, 0.25) is 47.3 Å². The molecule has 0 aliphatic carbocycles. The van der Waals surface area contributed by atoms with Crippen LogP contribution in [0.1, 0.15) is 74.0 Å². The van der Waals surface area contributed by atoms with Gasteiger partial charge < -0.3 is 93.2 Å². The molecular formula is C40H72N8O19. The zero-order chi connectivity index (χ0) is 52.1. The van der Waals surface area contributed by atoms with Crippen molar-refractivity contribution in [3.63, 3.8) is 0 Å². The largest absolute Gasteiger partial charge is 0.394 e. The number of nitrogens with one attached hydrogen (secondary N) is 8. The molecule has 27 nitrogen and oxygen atoms in total. The Balaban J connectivity index is 5.38. The van der Waals surface area contributed by atoms with E-state index in [1.165, 1.54) is 6.92 Å². The number of rotatable bonds is 34. The highest BCUT2D eigenvalue weighted by Crippen LogP contribution is 2.18. The maximum Gasteiger partial charge on any atom is 0.245 e. The number of methoxy groups -OCH3 is 1. The molecule has 8 amide bonds. The smallest absolute Gasteiger partial charge is 0.245 e. The van der Waals surface area contributed by atoms with Crippen molar-refractivity contribution in [3.8, 4) is 0 Å². The molecule has 0 aromatic carbocycles. The summed E-state index contributed by atoms with van der Waals surface area (Å²) in [7, 11) is -0.700. The molecule has 0 bridgehead atoms. The van der Waals surface area contributed by atoms with Gasteiger partial charge in [0.1, 0.15) is 48.4 Å². The van der Waals surface area contributed by atoms with Crippen LogP contribution in [0.15, 0.2) is 0 Å². The van der Waals surface area contributed by atoms with Gasteiger partial charge in [0.25, 0.3) is 0 Å². The predicted octanol–water partition coefficient (Wildman–Crippen LogP) is -8.46. The number of carbonyl (C=O) groups is 9. The zero-order valence-electron chi connectivity index (χ0n) is 39.2. The Hall–Kier alpha value is -4.97. The second-order valence-corrected chi connectivity index (χ2v) is 16.7. The fourth-order valence-electron chi connectivity index (χ4n) is 5.56. The van der Waals surface area contributed by atoms with Gasteiger partial charge in [-0.25, -0.2) is 0 Å². The third kappa shape index (κ3) is 27.4. The molecule has 0 spiro atoms. The van der Waals surface area contributed by atoms with Crippen LogP contribution >= 0.6 is 0 Å². The zero-order valence-corrected chi connectivity index (χ0v) is 38.2. The van der Waals surface area contributed by atoms with Gasteiger partial charge in [-0.05, 0) is 24.7 Å². The van der Waals surface area contributed by atoms with Crippen LogP contribution in [-0.2, 0) is 47.9 Å². The van der Waals surface area contributed by atoms with Crippen LogP contribution < -0.4 is 42.5 Å². The van der Waals surface area contributed by atoms with Crippen LogP contribution in [0.5, 0.6) is 0 Å². The van der Waals surface area contributed by atoms with Crippen molar-refractivity contribution >= 4 is 53.0 Å². The van der Waals surface area contributed by atoms with Crippen molar-refractivity contribution in [3.05, 3.63) is 0 Å². The van der Waals surface area contributed by atoms with Crippen molar-refractivity contribution in [1.82, 2.24) is 42.5 Å². The van der Waals surface area contributed by atoms with E-state index < -0.39 is 180 Å². The molecule has 0 fully saturated rings. The monoisotopic (exact) mass is 969 g/mol. The van der Waals surface area contributed by atoms with E-state index in [1.807, 2.05) is 20.8 Å². The first-order chi connectivity index (χ1) is 31.8. The van der Waals surface area contributed by atoms with Crippen LogP contribution in [0.25, 0.3) is 0 Å². The second kappa shape index (κ2) is 32.7. The molecule has 386 valence electrons. The lowest BCUT2D eigenvalue weighted by Crippen LogP contribution is -2.57. The Morgan fingerprint density at radius 2 is 1.03 bits per heavy atom. The average molecular weight is 970 g/mol. The third-order valence-electron chi connectivity index (χ3n) is 9.52. The number of ether oxygens (including phenoxy) is 1. The highest BCUT2D eigenvalue weighted by atomic mass is 16.5. The predicted molar refractivity (Wildman–Crippen MR) is 231 cm³/mol. The van der Waals surface area contributed by atoms with Gasteiger partial charge in [0.05, 0.1) is 59.1 Å². The van der Waals surface area contributed by atoms with Gasteiger partial charge in [-0.2, -0.15) is 0 Å². The minimum absolute atomic E-state index is 0.0545. The van der Waals surface area contributed by atoms with Crippen LogP contribution in [0, 0.1) is 5.41 Å². The number of ketones is 1. The van der Waals surface area contributed by atoms with E-state index in [1.54, 1.807) is 0 Å². The molecule has 0 saturated carbocycles. The van der Waals surface area contributed by atoms with E-state index >= 15 is 0 Å². The number of aliphatic hydroxyl groups excluding tert-OH is 9. The Morgan fingerprint density at radius 3 is 1.55 bits per heavy atom. The summed E-state index contributed by atoms with van der Waals surface area (Å²) in [5.74, 6) is -7.04. The molecule has 0 saturated heterocycles. The minimum atomic E-state index is -2.08. The van der Waals surface area contributed by atoms with E-state index in [2.05, 4.69) is 42.5 Å². The summed E-state index contributed by atoms with van der Waals surface area (Å²) in [4.78, 5) is 113. The SMILES string of the molecule is [2H]COCC(NC(=O)CNC(=O)CNC(=O)CNC(=O)CNC(=O)CCNC(=O)CC(C)(C)C)C(=O)NC(CCC(=O)CC[C@H](O)[C@@H](O)[C@H](O)[C@H](O)CC)C(=O)NC[C@H](O)[C@@H](O)[C@H](O)[C@H](O)CO. The lowest BCUT2D eigenvalue weighted by atomic mass is 9.92. The van der Waals surface area contributed by atoms with Gasteiger partial charge in [0.15, 0.2) is 0 Å². The average Bonchev–Trinajstić information content (AvgIpc) is 3.29. The van der Waals surface area contributed by atoms with Gasteiger partial charge in [-0.3, -0.25) is 43.2 Å². The van der Waals surface area contributed by atoms with Gasteiger partial charge in [-0.1, -0.05) is 27.7 Å². The number of amides is 8. The first-order valence-electron chi connectivity index (χ1n) is 22.1. The normalized spacial score (nSPS) is 16.1. The standard InChI is InChI=1S/C40H72N8O19/c1-6-24(51)34(61)35(62)25(52)10-8-21(50)7-9-22(38(65)46-14-26(53)36(63)37(64)27(54)19-49)48-39(66)23(20-67-5)47-33(60)18-45-32(59)17-44-31(58)16-43-30(57)15-42-28(55)11-12-41-29(56)13-40(2,3)4/h22-27,34-37,49,51-54,61-64H,6-20H2,1-5H3,(H,41,56)(H,42,55)(H,43,57)(H,44,58)(H,45,59)(H,46,65)(H,47,60)(H,48,66)/t22?,23?,24-,25+,26+,27-,34-,35-,36-,37-/m1/s1/i5D. The van der Waals surface area contributed by atoms with E-state index in [4.69, 9.17) is 11.2 Å². The fraction of sp³-hybridized carbons (Fsp3) is 0.775. The van der Waals surface area contributed by atoms with Crippen LogP contribution in [0.2, 0.25) is 0 Å². The number of hydrogen-bond acceptors (Lipinski definition) is 19. The van der Waals surface area contributed by atoms with Crippen molar-refractivity contribution in [2.75, 3.05) is 59.6 Å². The number of Topliss-reactive ketones (excluding diaryl/α,β-unsaturated/α-hetero) is 1. The Morgan fingerprint density at radius 1 is 0.537 bits per heavy atom. The molecule has 0 aromatic rings. The summed E-state index contributed by atoms with van der Waals surface area (Å²) < 4.78 is 12.2. The van der Waals surface area contributed by atoms with Crippen molar-refractivity contribution in [2.45, 2.75) is 134 Å². The second-order valence-electron chi connectivity index (χ2n) is 16.7. The third-order valence-corrected chi connectivity index (χ3v) is 9.52. The molecule has 0 aromatic heterocycles. The van der Waals surface area contributed by atoms with Crippen LogP contribution in [0.3, 0.4) is 0 Å². The highest BCUT2D eigenvalue weighted by molar-refractivity contribution is 5.94.